The second kappa shape index (κ2) is 8.84. The monoisotopic (exact) mass is 355 g/mol. The summed E-state index contributed by atoms with van der Waals surface area (Å²) in [5, 5.41) is 2.86. The summed E-state index contributed by atoms with van der Waals surface area (Å²) >= 11 is 0. The molecule has 1 fully saturated rings. The van der Waals surface area contributed by atoms with Gasteiger partial charge in [-0.2, -0.15) is 0 Å². The number of halogens is 1. The largest absolute Gasteiger partial charge is 0.494 e. The van der Waals surface area contributed by atoms with Crippen LogP contribution in [0.5, 0.6) is 5.75 Å². The van der Waals surface area contributed by atoms with E-state index in [1.807, 2.05) is 19.1 Å². The molecular formula is C22H26FNO2. The standard InChI is InChI=1S/C22H26FNO2/c1-2-26-21-13-7-18(8-14-21)17-5-3-16(4-6-17)15-22(25)24-20-11-9-19(23)10-12-20/h7-14,16-17H,2-6,15H2,1H3,(H,24,25)/t16-,17-. The van der Waals surface area contributed by atoms with Crippen LogP contribution in [-0.4, -0.2) is 12.5 Å². The second-order valence-corrected chi connectivity index (χ2v) is 6.98. The zero-order valence-corrected chi connectivity index (χ0v) is 15.2. The van der Waals surface area contributed by atoms with Gasteiger partial charge >= 0.3 is 0 Å². The van der Waals surface area contributed by atoms with Gasteiger partial charge in [-0.05, 0) is 86.4 Å². The van der Waals surface area contributed by atoms with Crippen molar-refractivity contribution in [2.45, 2.75) is 44.9 Å². The molecule has 0 saturated heterocycles. The maximum Gasteiger partial charge on any atom is 0.224 e. The van der Waals surface area contributed by atoms with E-state index >= 15 is 0 Å². The molecule has 3 nitrogen and oxygen atoms in total. The molecule has 0 radical (unpaired) electrons. The van der Waals surface area contributed by atoms with Gasteiger partial charge in [0.15, 0.2) is 0 Å². The minimum absolute atomic E-state index is 0.0149. The van der Waals surface area contributed by atoms with E-state index in [1.54, 1.807) is 12.1 Å². The van der Waals surface area contributed by atoms with Crippen molar-refractivity contribution in [1.29, 1.82) is 0 Å². The van der Waals surface area contributed by atoms with Crippen LogP contribution >= 0.6 is 0 Å². The number of carbonyl (C=O) groups is 1. The number of benzene rings is 2. The highest BCUT2D eigenvalue weighted by molar-refractivity contribution is 5.90. The van der Waals surface area contributed by atoms with Gasteiger partial charge in [-0.1, -0.05) is 12.1 Å². The van der Waals surface area contributed by atoms with Crippen molar-refractivity contribution in [2.75, 3.05) is 11.9 Å². The molecular weight excluding hydrogens is 329 g/mol. The molecule has 0 unspecified atom stereocenters. The van der Waals surface area contributed by atoms with Gasteiger partial charge in [0.1, 0.15) is 11.6 Å². The molecule has 0 bridgehead atoms. The normalized spacial score (nSPS) is 19.8. The summed E-state index contributed by atoms with van der Waals surface area (Å²) in [6, 6.07) is 14.3. The van der Waals surface area contributed by atoms with Crippen molar-refractivity contribution in [3.63, 3.8) is 0 Å². The quantitative estimate of drug-likeness (QED) is 0.740. The SMILES string of the molecule is CCOc1ccc([C@H]2CC[C@H](CC(=O)Nc3ccc(F)cc3)CC2)cc1. The Morgan fingerprint density at radius 3 is 2.31 bits per heavy atom. The Labute approximate surface area is 154 Å². The number of hydrogen-bond acceptors (Lipinski definition) is 2. The van der Waals surface area contributed by atoms with Gasteiger partial charge in [0.2, 0.25) is 5.91 Å². The molecule has 3 rings (SSSR count). The summed E-state index contributed by atoms with van der Waals surface area (Å²) in [7, 11) is 0. The first-order chi connectivity index (χ1) is 12.6. The molecule has 1 aliphatic rings. The van der Waals surface area contributed by atoms with E-state index in [4.69, 9.17) is 4.74 Å². The van der Waals surface area contributed by atoms with Crippen LogP contribution in [0.1, 0.15) is 50.5 Å². The summed E-state index contributed by atoms with van der Waals surface area (Å²) in [6.07, 6.45) is 4.89. The summed E-state index contributed by atoms with van der Waals surface area (Å²) in [6.45, 7) is 2.67. The predicted octanol–water partition coefficient (Wildman–Crippen LogP) is 5.53. The van der Waals surface area contributed by atoms with Crippen LogP contribution in [-0.2, 0) is 4.79 Å². The molecule has 138 valence electrons. The van der Waals surface area contributed by atoms with Crippen LogP contribution < -0.4 is 10.1 Å². The Balaban J connectivity index is 1.45. The Morgan fingerprint density at radius 2 is 1.69 bits per heavy atom. The van der Waals surface area contributed by atoms with Gasteiger partial charge in [-0.15, -0.1) is 0 Å². The fraction of sp³-hybridized carbons (Fsp3) is 0.409. The molecule has 0 atom stereocenters. The molecule has 1 amide bonds. The van der Waals surface area contributed by atoms with Gasteiger partial charge in [0.25, 0.3) is 0 Å². The first-order valence-electron chi connectivity index (χ1n) is 9.42. The maximum absolute atomic E-state index is 12.9. The summed E-state index contributed by atoms with van der Waals surface area (Å²) in [4.78, 5) is 12.2. The van der Waals surface area contributed by atoms with Crippen LogP contribution in [0.3, 0.4) is 0 Å². The molecule has 2 aromatic carbocycles. The lowest BCUT2D eigenvalue weighted by Gasteiger charge is -2.28. The Bertz CT molecular complexity index is 704. The molecule has 1 saturated carbocycles. The summed E-state index contributed by atoms with van der Waals surface area (Å²) in [5.41, 5.74) is 2.02. The van der Waals surface area contributed by atoms with Crippen molar-refractivity contribution in [3.8, 4) is 5.75 Å². The van der Waals surface area contributed by atoms with E-state index < -0.39 is 0 Å². The fourth-order valence-electron chi connectivity index (χ4n) is 3.71. The maximum atomic E-state index is 12.9. The molecule has 1 aliphatic carbocycles. The molecule has 1 N–H and O–H groups in total. The van der Waals surface area contributed by atoms with E-state index in [2.05, 4.69) is 17.4 Å². The Hall–Kier alpha value is -2.36. The predicted molar refractivity (Wildman–Crippen MR) is 102 cm³/mol. The van der Waals surface area contributed by atoms with E-state index in [9.17, 15) is 9.18 Å². The van der Waals surface area contributed by atoms with Crippen LogP contribution in [0.25, 0.3) is 0 Å². The third kappa shape index (κ3) is 5.07. The van der Waals surface area contributed by atoms with Gasteiger partial charge in [-0.3, -0.25) is 4.79 Å². The van der Waals surface area contributed by atoms with Gasteiger partial charge in [0, 0.05) is 12.1 Å². The summed E-state index contributed by atoms with van der Waals surface area (Å²) in [5.74, 6) is 1.63. The molecule has 0 aromatic heterocycles. The van der Waals surface area contributed by atoms with Crippen molar-refractivity contribution >= 4 is 11.6 Å². The van der Waals surface area contributed by atoms with E-state index in [0.717, 1.165) is 31.4 Å². The van der Waals surface area contributed by atoms with Crippen LogP contribution in [0.2, 0.25) is 0 Å². The van der Waals surface area contributed by atoms with E-state index in [-0.39, 0.29) is 11.7 Å². The average Bonchev–Trinajstić information content (AvgIpc) is 2.65. The first-order valence-corrected chi connectivity index (χ1v) is 9.42. The highest BCUT2D eigenvalue weighted by Crippen LogP contribution is 2.37. The van der Waals surface area contributed by atoms with Gasteiger partial charge < -0.3 is 10.1 Å². The molecule has 4 heteroatoms. The molecule has 0 aliphatic heterocycles. The average molecular weight is 355 g/mol. The smallest absolute Gasteiger partial charge is 0.224 e. The third-order valence-electron chi connectivity index (χ3n) is 5.11. The number of rotatable bonds is 6. The van der Waals surface area contributed by atoms with Gasteiger partial charge in [0.05, 0.1) is 6.61 Å². The number of nitrogens with one attached hydrogen (secondary N) is 1. The zero-order valence-electron chi connectivity index (χ0n) is 15.2. The number of amides is 1. The molecule has 0 heterocycles. The van der Waals surface area contributed by atoms with Gasteiger partial charge in [-0.25, -0.2) is 4.39 Å². The highest BCUT2D eigenvalue weighted by Gasteiger charge is 2.24. The number of anilines is 1. The van der Waals surface area contributed by atoms with Crippen molar-refractivity contribution in [1.82, 2.24) is 0 Å². The van der Waals surface area contributed by atoms with Crippen molar-refractivity contribution in [2.24, 2.45) is 5.92 Å². The van der Waals surface area contributed by atoms with Crippen LogP contribution in [0, 0.1) is 11.7 Å². The molecule has 26 heavy (non-hydrogen) atoms. The Morgan fingerprint density at radius 1 is 1.04 bits per heavy atom. The summed E-state index contributed by atoms with van der Waals surface area (Å²) < 4.78 is 18.4. The lowest BCUT2D eigenvalue weighted by molar-refractivity contribution is -0.117. The number of ether oxygens (including phenoxy) is 1. The zero-order chi connectivity index (χ0) is 18.4. The van der Waals surface area contributed by atoms with Crippen LogP contribution in [0.4, 0.5) is 10.1 Å². The van der Waals surface area contributed by atoms with Crippen molar-refractivity contribution < 1.29 is 13.9 Å². The highest BCUT2D eigenvalue weighted by atomic mass is 19.1. The van der Waals surface area contributed by atoms with Crippen LogP contribution in [0.15, 0.2) is 48.5 Å². The molecule has 0 spiro atoms. The fourth-order valence-corrected chi connectivity index (χ4v) is 3.71. The van der Waals surface area contributed by atoms with E-state index in [0.29, 0.717) is 30.6 Å². The topological polar surface area (TPSA) is 38.3 Å². The lowest BCUT2D eigenvalue weighted by Crippen LogP contribution is -2.20. The second-order valence-electron chi connectivity index (χ2n) is 6.98. The third-order valence-corrected chi connectivity index (χ3v) is 5.11. The van der Waals surface area contributed by atoms with Crippen molar-refractivity contribution in [3.05, 3.63) is 59.9 Å². The minimum atomic E-state index is -0.296. The lowest BCUT2D eigenvalue weighted by atomic mass is 9.77. The number of hydrogen-bond donors (Lipinski definition) is 1. The Kier molecular flexibility index (Phi) is 6.26. The molecule has 2 aromatic rings. The minimum Gasteiger partial charge on any atom is -0.494 e. The first kappa shape index (κ1) is 18.4. The van der Waals surface area contributed by atoms with E-state index in [1.165, 1.54) is 17.7 Å². The number of carbonyl (C=O) groups excluding carboxylic acids is 1.